The Labute approximate surface area is 161 Å². The van der Waals surface area contributed by atoms with Gasteiger partial charge in [0.1, 0.15) is 5.76 Å². The summed E-state index contributed by atoms with van der Waals surface area (Å²) in [5, 5.41) is 11.1. The van der Waals surface area contributed by atoms with Crippen LogP contribution < -0.4 is 16.1 Å². The Morgan fingerprint density at radius 3 is 2.70 bits per heavy atom. The molecule has 4 rings (SSSR count). The van der Waals surface area contributed by atoms with Crippen molar-refractivity contribution in [2.45, 2.75) is 12.5 Å². The number of nitrogens with zero attached hydrogens (tertiary/aromatic N) is 1. The van der Waals surface area contributed by atoms with Crippen LogP contribution in [-0.4, -0.2) is 11.7 Å². The summed E-state index contributed by atoms with van der Waals surface area (Å²) in [6.07, 6.45) is 2.23. The molecule has 3 aromatic rings. The zero-order valence-electron chi connectivity index (χ0n) is 14.3. The number of para-hydroxylation sites is 1. The van der Waals surface area contributed by atoms with Crippen LogP contribution in [0.3, 0.4) is 0 Å². The Morgan fingerprint density at radius 1 is 1.11 bits per heavy atom. The standard InChI is InChI=1S/C20H17ClN4O2/c21-13-7-9-14(10-8-13)22-20(26)25-24-17-12-18(19-6-3-11-27-19)23-16-5-2-1-4-15(16)17/h1-11,18,23H,12H2,(H2,22,25,26). The molecule has 27 heavy (non-hydrogen) atoms. The number of amides is 2. The monoisotopic (exact) mass is 380 g/mol. The van der Waals surface area contributed by atoms with Crippen LogP contribution in [0.1, 0.15) is 23.8 Å². The normalized spacial score (nSPS) is 17.1. The second-order valence-corrected chi connectivity index (χ2v) is 6.53. The van der Waals surface area contributed by atoms with Crippen LogP contribution in [0, 0.1) is 0 Å². The first-order valence-electron chi connectivity index (χ1n) is 8.47. The molecule has 1 aliphatic rings. The fraction of sp³-hybridized carbons (Fsp3) is 0.100. The van der Waals surface area contributed by atoms with Crippen molar-refractivity contribution in [2.75, 3.05) is 10.6 Å². The average molecular weight is 381 g/mol. The summed E-state index contributed by atoms with van der Waals surface area (Å²) in [5.41, 5.74) is 5.88. The minimum atomic E-state index is -0.421. The highest BCUT2D eigenvalue weighted by Crippen LogP contribution is 2.32. The van der Waals surface area contributed by atoms with Crippen LogP contribution in [-0.2, 0) is 0 Å². The summed E-state index contributed by atoms with van der Waals surface area (Å²) in [6, 6.07) is 18.0. The highest BCUT2D eigenvalue weighted by atomic mass is 35.5. The molecule has 0 aliphatic carbocycles. The summed E-state index contributed by atoms with van der Waals surface area (Å²) in [4.78, 5) is 12.2. The van der Waals surface area contributed by atoms with Gasteiger partial charge in [0, 0.05) is 28.4 Å². The van der Waals surface area contributed by atoms with E-state index in [1.54, 1.807) is 30.5 Å². The van der Waals surface area contributed by atoms with E-state index in [1.807, 2.05) is 36.4 Å². The summed E-state index contributed by atoms with van der Waals surface area (Å²) < 4.78 is 5.52. The van der Waals surface area contributed by atoms with E-state index in [2.05, 4.69) is 21.2 Å². The maximum atomic E-state index is 12.2. The average Bonchev–Trinajstić information content (AvgIpc) is 3.22. The van der Waals surface area contributed by atoms with Crippen LogP contribution in [0.5, 0.6) is 0 Å². The molecule has 0 saturated heterocycles. The number of urea groups is 1. The molecule has 2 heterocycles. The predicted molar refractivity (Wildman–Crippen MR) is 106 cm³/mol. The third kappa shape index (κ3) is 3.96. The first kappa shape index (κ1) is 17.2. The third-order valence-corrected chi connectivity index (χ3v) is 4.50. The fourth-order valence-corrected chi connectivity index (χ4v) is 3.11. The smallest absolute Gasteiger partial charge is 0.339 e. The maximum absolute atomic E-state index is 12.2. The molecule has 1 unspecified atom stereocenters. The second kappa shape index (κ2) is 7.55. The second-order valence-electron chi connectivity index (χ2n) is 6.09. The van der Waals surface area contributed by atoms with Crippen molar-refractivity contribution in [3.05, 3.63) is 83.3 Å². The number of nitrogens with one attached hydrogen (secondary N) is 3. The van der Waals surface area contributed by atoms with Gasteiger partial charge < -0.3 is 15.1 Å². The minimum Gasteiger partial charge on any atom is -0.467 e. The maximum Gasteiger partial charge on any atom is 0.339 e. The first-order chi connectivity index (χ1) is 13.2. The van der Waals surface area contributed by atoms with Crippen LogP contribution in [0.25, 0.3) is 0 Å². The van der Waals surface area contributed by atoms with Crippen LogP contribution in [0.4, 0.5) is 16.2 Å². The molecule has 2 aromatic carbocycles. The molecule has 136 valence electrons. The molecular formula is C20H17ClN4O2. The lowest BCUT2D eigenvalue weighted by atomic mass is 9.95. The van der Waals surface area contributed by atoms with Gasteiger partial charge in [-0.25, -0.2) is 10.2 Å². The van der Waals surface area contributed by atoms with E-state index in [-0.39, 0.29) is 6.04 Å². The molecule has 1 atom stereocenters. The number of carbonyl (C=O) groups is 1. The predicted octanol–water partition coefficient (Wildman–Crippen LogP) is 5.02. The van der Waals surface area contributed by atoms with Gasteiger partial charge in [-0.3, -0.25) is 0 Å². The number of fused-ring (bicyclic) bond motifs is 1. The Morgan fingerprint density at radius 2 is 1.93 bits per heavy atom. The van der Waals surface area contributed by atoms with E-state index in [9.17, 15) is 4.79 Å². The number of anilines is 2. The molecule has 1 aliphatic heterocycles. The molecule has 0 spiro atoms. The van der Waals surface area contributed by atoms with Crippen molar-refractivity contribution >= 4 is 34.7 Å². The highest BCUT2D eigenvalue weighted by Gasteiger charge is 2.25. The number of hydrazone groups is 1. The molecule has 1 aromatic heterocycles. The lowest BCUT2D eigenvalue weighted by molar-refractivity contribution is 0.252. The lowest BCUT2D eigenvalue weighted by Crippen LogP contribution is -2.29. The van der Waals surface area contributed by atoms with Gasteiger partial charge in [0.05, 0.1) is 18.0 Å². The van der Waals surface area contributed by atoms with Crippen molar-refractivity contribution in [2.24, 2.45) is 5.10 Å². The first-order valence-corrected chi connectivity index (χ1v) is 8.85. The van der Waals surface area contributed by atoms with Gasteiger partial charge in [-0.1, -0.05) is 29.8 Å². The van der Waals surface area contributed by atoms with E-state index in [0.717, 1.165) is 22.7 Å². The number of carbonyl (C=O) groups excluding carboxylic acids is 1. The number of hydrogen-bond donors (Lipinski definition) is 3. The molecule has 0 fully saturated rings. The van der Waals surface area contributed by atoms with Gasteiger partial charge >= 0.3 is 6.03 Å². The van der Waals surface area contributed by atoms with Crippen molar-refractivity contribution in [1.29, 1.82) is 0 Å². The Hall–Kier alpha value is -3.25. The van der Waals surface area contributed by atoms with Gasteiger partial charge in [-0.15, -0.1) is 0 Å². The number of benzene rings is 2. The van der Waals surface area contributed by atoms with Gasteiger partial charge in [0.15, 0.2) is 0 Å². The molecule has 0 saturated carbocycles. The zero-order chi connectivity index (χ0) is 18.6. The third-order valence-electron chi connectivity index (χ3n) is 4.25. The summed E-state index contributed by atoms with van der Waals surface area (Å²) in [6.45, 7) is 0. The van der Waals surface area contributed by atoms with Crippen LogP contribution in [0.15, 0.2) is 76.4 Å². The van der Waals surface area contributed by atoms with Gasteiger partial charge in [-0.2, -0.15) is 5.10 Å². The van der Waals surface area contributed by atoms with E-state index < -0.39 is 6.03 Å². The largest absolute Gasteiger partial charge is 0.467 e. The Bertz CT molecular complexity index is 968. The van der Waals surface area contributed by atoms with Gasteiger partial charge in [-0.05, 0) is 42.5 Å². The Kier molecular flexibility index (Phi) is 4.80. The van der Waals surface area contributed by atoms with Crippen molar-refractivity contribution in [1.82, 2.24) is 5.43 Å². The summed E-state index contributed by atoms with van der Waals surface area (Å²) >= 11 is 5.85. The Balaban J connectivity index is 1.52. The van der Waals surface area contributed by atoms with Gasteiger partial charge in [0.2, 0.25) is 0 Å². The molecule has 7 heteroatoms. The molecule has 6 nitrogen and oxygen atoms in total. The topological polar surface area (TPSA) is 78.7 Å². The number of furan rings is 1. The fourth-order valence-electron chi connectivity index (χ4n) is 2.98. The van der Waals surface area contributed by atoms with E-state index in [4.69, 9.17) is 16.0 Å². The number of rotatable bonds is 3. The number of halogens is 1. The molecular weight excluding hydrogens is 364 g/mol. The molecule has 0 bridgehead atoms. The number of hydrogen-bond acceptors (Lipinski definition) is 4. The highest BCUT2D eigenvalue weighted by molar-refractivity contribution is 6.30. The lowest BCUT2D eigenvalue weighted by Gasteiger charge is -2.26. The molecule has 2 amide bonds. The van der Waals surface area contributed by atoms with E-state index >= 15 is 0 Å². The molecule has 0 radical (unpaired) electrons. The van der Waals surface area contributed by atoms with E-state index in [0.29, 0.717) is 17.1 Å². The SMILES string of the molecule is O=C(NN=C1CC(c2ccco2)Nc2ccccc21)Nc1ccc(Cl)cc1. The van der Waals surface area contributed by atoms with Crippen molar-refractivity contribution in [3.8, 4) is 0 Å². The van der Waals surface area contributed by atoms with Crippen molar-refractivity contribution in [3.63, 3.8) is 0 Å². The van der Waals surface area contributed by atoms with Crippen LogP contribution >= 0.6 is 11.6 Å². The van der Waals surface area contributed by atoms with Gasteiger partial charge in [0.25, 0.3) is 0 Å². The molecule has 3 N–H and O–H groups in total. The minimum absolute atomic E-state index is 0.0465. The van der Waals surface area contributed by atoms with E-state index in [1.165, 1.54) is 0 Å². The van der Waals surface area contributed by atoms with Crippen LogP contribution in [0.2, 0.25) is 5.02 Å². The quantitative estimate of drug-likeness (QED) is 0.558. The summed E-state index contributed by atoms with van der Waals surface area (Å²) in [5.74, 6) is 0.822. The summed E-state index contributed by atoms with van der Waals surface area (Å²) in [7, 11) is 0. The zero-order valence-corrected chi connectivity index (χ0v) is 15.0. The van der Waals surface area contributed by atoms with Crippen molar-refractivity contribution < 1.29 is 9.21 Å².